The number of likely N-dealkylation sites (tertiary alicyclic amines) is 1. The van der Waals surface area contributed by atoms with Gasteiger partial charge >= 0.3 is 0 Å². The van der Waals surface area contributed by atoms with Crippen LogP contribution in [0.1, 0.15) is 45.6 Å². The van der Waals surface area contributed by atoms with Crippen LogP contribution in [0.4, 0.5) is 5.69 Å². The average molecular weight is 330 g/mol. The van der Waals surface area contributed by atoms with E-state index in [-0.39, 0.29) is 35.3 Å². The Labute approximate surface area is 143 Å². The minimum absolute atomic E-state index is 0.0514. The summed E-state index contributed by atoms with van der Waals surface area (Å²) in [7, 11) is 0. The SMILES string of the molecule is CC(C)(C)c1ccc(O)c(NC(=O)[C@H]2CC(=O)N(CC3CC3)C2)c1. The minimum atomic E-state index is -0.339. The van der Waals surface area contributed by atoms with Crippen LogP contribution in [-0.2, 0) is 15.0 Å². The van der Waals surface area contributed by atoms with Crippen LogP contribution in [0.5, 0.6) is 5.75 Å². The number of carbonyl (C=O) groups excluding carboxylic acids is 2. The van der Waals surface area contributed by atoms with Crippen molar-refractivity contribution in [2.75, 3.05) is 18.4 Å². The van der Waals surface area contributed by atoms with Gasteiger partial charge in [-0.05, 0) is 41.9 Å². The lowest BCUT2D eigenvalue weighted by Crippen LogP contribution is -2.30. The molecule has 1 atom stereocenters. The molecule has 1 saturated carbocycles. The standard InChI is InChI=1S/C19H26N2O3/c1-19(2,3)14-6-7-16(22)15(9-14)20-18(24)13-8-17(23)21(11-13)10-12-4-5-12/h6-7,9,12-13,22H,4-5,8,10-11H2,1-3H3,(H,20,24)/t13-/m0/s1. The fourth-order valence-electron chi connectivity index (χ4n) is 3.07. The summed E-state index contributed by atoms with van der Waals surface area (Å²) in [6.07, 6.45) is 2.64. The van der Waals surface area contributed by atoms with Gasteiger partial charge in [-0.15, -0.1) is 0 Å². The predicted octanol–water partition coefficient (Wildman–Crippen LogP) is 2.89. The van der Waals surface area contributed by atoms with Gasteiger partial charge in [0.15, 0.2) is 0 Å². The molecule has 1 aromatic rings. The molecule has 0 spiro atoms. The van der Waals surface area contributed by atoms with Crippen molar-refractivity contribution in [3.05, 3.63) is 23.8 Å². The molecule has 2 amide bonds. The van der Waals surface area contributed by atoms with E-state index >= 15 is 0 Å². The fourth-order valence-corrected chi connectivity index (χ4v) is 3.07. The Morgan fingerprint density at radius 3 is 2.67 bits per heavy atom. The van der Waals surface area contributed by atoms with Crippen molar-refractivity contribution in [3.8, 4) is 5.75 Å². The van der Waals surface area contributed by atoms with Crippen molar-refractivity contribution in [3.63, 3.8) is 0 Å². The highest BCUT2D eigenvalue weighted by Gasteiger charge is 2.37. The van der Waals surface area contributed by atoms with E-state index in [1.54, 1.807) is 6.07 Å². The number of hydrogen-bond donors (Lipinski definition) is 2. The van der Waals surface area contributed by atoms with E-state index in [1.807, 2.05) is 17.0 Å². The highest BCUT2D eigenvalue weighted by atomic mass is 16.3. The molecule has 1 saturated heterocycles. The summed E-state index contributed by atoms with van der Waals surface area (Å²) in [5.74, 6) is 0.213. The Kier molecular flexibility index (Phi) is 4.28. The molecule has 0 aromatic heterocycles. The van der Waals surface area contributed by atoms with E-state index in [4.69, 9.17) is 0 Å². The van der Waals surface area contributed by atoms with Gasteiger partial charge in [-0.1, -0.05) is 26.8 Å². The second-order valence-electron chi connectivity index (χ2n) is 8.11. The largest absolute Gasteiger partial charge is 0.506 e. The smallest absolute Gasteiger partial charge is 0.229 e. The Hall–Kier alpha value is -2.04. The molecule has 5 nitrogen and oxygen atoms in total. The molecule has 5 heteroatoms. The Morgan fingerprint density at radius 2 is 2.04 bits per heavy atom. The first-order valence-corrected chi connectivity index (χ1v) is 8.66. The van der Waals surface area contributed by atoms with E-state index in [0.717, 1.165) is 12.1 Å². The number of carbonyl (C=O) groups is 2. The van der Waals surface area contributed by atoms with Crippen LogP contribution < -0.4 is 5.32 Å². The summed E-state index contributed by atoms with van der Waals surface area (Å²) >= 11 is 0. The number of hydrogen-bond acceptors (Lipinski definition) is 3. The van der Waals surface area contributed by atoms with Crippen molar-refractivity contribution < 1.29 is 14.7 Å². The number of phenolic OH excluding ortho intramolecular Hbond substituents is 1. The maximum Gasteiger partial charge on any atom is 0.229 e. The Balaban J connectivity index is 1.67. The second-order valence-corrected chi connectivity index (χ2v) is 8.11. The van der Waals surface area contributed by atoms with Crippen LogP contribution in [0.15, 0.2) is 18.2 Å². The number of amides is 2. The van der Waals surface area contributed by atoms with Crippen molar-refractivity contribution in [2.24, 2.45) is 11.8 Å². The van der Waals surface area contributed by atoms with Crippen LogP contribution in [-0.4, -0.2) is 34.9 Å². The lowest BCUT2D eigenvalue weighted by Gasteiger charge is -2.21. The maximum atomic E-state index is 12.5. The number of phenols is 1. The molecule has 1 aliphatic heterocycles. The Bertz CT molecular complexity index is 659. The van der Waals surface area contributed by atoms with Crippen LogP contribution in [0, 0.1) is 11.8 Å². The second kappa shape index (κ2) is 6.11. The molecule has 130 valence electrons. The normalized spacial score (nSPS) is 21.2. The van der Waals surface area contributed by atoms with Gasteiger partial charge in [0.05, 0.1) is 11.6 Å². The van der Waals surface area contributed by atoms with Gasteiger partial charge in [-0.25, -0.2) is 0 Å². The molecule has 2 N–H and O–H groups in total. The number of rotatable bonds is 4. The zero-order valence-electron chi connectivity index (χ0n) is 14.6. The first-order valence-electron chi connectivity index (χ1n) is 8.66. The number of benzene rings is 1. The van der Waals surface area contributed by atoms with E-state index in [0.29, 0.717) is 18.2 Å². The first kappa shape index (κ1) is 16.8. The first-order chi connectivity index (χ1) is 11.2. The summed E-state index contributed by atoms with van der Waals surface area (Å²) in [5, 5.41) is 12.8. The quantitative estimate of drug-likeness (QED) is 0.834. The minimum Gasteiger partial charge on any atom is -0.506 e. The number of aromatic hydroxyl groups is 1. The van der Waals surface area contributed by atoms with Gasteiger partial charge in [0.2, 0.25) is 11.8 Å². The molecule has 2 aliphatic rings. The van der Waals surface area contributed by atoms with Gasteiger partial charge < -0.3 is 15.3 Å². The number of nitrogens with zero attached hydrogens (tertiary/aromatic N) is 1. The lowest BCUT2D eigenvalue weighted by atomic mass is 9.87. The summed E-state index contributed by atoms with van der Waals surface area (Å²) in [6, 6.07) is 5.28. The van der Waals surface area contributed by atoms with Gasteiger partial charge in [-0.2, -0.15) is 0 Å². The molecule has 0 unspecified atom stereocenters. The molecule has 1 heterocycles. The fraction of sp³-hybridized carbons (Fsp3) is 0.579. The summed E-state index contributed by atoms with van der Waals surface area (Å²) in [4.78, 5) is 26.4. The zero-order valence-corrected chi connectivity index (χ0v) is 14.6. The molecule has 0 radical (unpaired) electrons. The van der Waals surface area contributed by atoms with Gasteiger partial charge in [0.25, 0.3) is 0 Å². The predicted molar refractivity (Wildman–Crippen MR) is 92.8 cm³/mol. The Morgan fingerprint density at radius 1 is 1.33 bits per heavy atom. The molecule has 3 rings (SSSR count). The number of anilines is 1. The van der Waals surface area contributed by atoms with Crippen molar-refractivity contribution in [1.29, 1.82) is 0 Å². The molecule has 24 heavy (non-hydrogen) atoms. The van der Waals surface area contributed by atoms with Gasteiger partial charge in [0, 0.05) is 19.5 Å². The third-order valence-corrected chi connectivity index (χ3v) is 4.88. The molecule has 1 aromatic carbocycles. The topological polar surface area (TPSA) is 69.6 Å². The van der Waals surface area contributed by atoms with Crippen LogP contribution >= 0.6 is 0 Å². The highest BCUT2D eigenvalue weighted by Crippen LogP contribution is 2.33. The van der Waals surface area contributed by atoms with Gasteiger partial charge in [0.1, 0.15) is 5.75 Å². The molecule has 2 fully saturated rings. The lowest BCUT2D eigenvalue weighted by molar-refractivity contribution is -0.128. The summed E-state index contributed by atoms with van der Waals surface area (Å²) in [5.41, 5.74) is 1.38. The summed E-state index contributed by atoms with van der Waals surface area (Å²) < 4.78 is 0. The van der Waals surface area contributed by atoms with Gasteiger partial charge in [-0.3, -0.25) is 9.59 Å². The summed E-state index contributed by atoms with van der Waals surface area (Å²) in [6.45, 7) is 7.51. The average Bonchev–Trinajstić information content (AvgIpc) is 3.23. The van der Waals surface area contributed by atoms with Crippen molar-refractivity contribution in [2.45, 2.75) is 45.4 Å². The van der Waals surface area contributed by atoms with Crippen LogP contribution in [0.2, 0.25) is 0 Å². The molecule has 0 bridgehead atoms. The number of nitrogens with one attached hydrogen (secondary N) is 1. The highest BCUT2D eigenvalue weighted by molar-refractivity contribution is 5.98. The van der Waals surface area contributed by atoms with Crippen LogP contribution in [0.3, 0.4) is 0 Å². The third kappa shape index (κ3) is 3.71. The van der Waals surface area contributed by atoms with E-state index in [9.17, 15) is 14.7 Å². The van der Waals surface area contributed by atoms with Crippen LogP contribution in [0.25, 0.3) is 0 Å². The monoisotopic (exact) mass is 330 g/mol. The third-order valence-electron chi connectivity index (χ3n) is 4.88. The molecular formula is C19H26N2O3. The molecule has 1 aliphatic carbocycles. The molecular weight excluding hydrogens is 304 g/mol. The van der Waals surface area contributed by atoms with Crippen molar-refractivity contribution in [1.82, 2.24) is 4.90 Å². The maximum absolute atomic E-state index is 12.5. The van der Waals surface area contributed by atoms with E-state index in [2.05, 4.69) is 26.1 Å². The van der Waals surface area contributed by atoms with Crippen molar-refractivity contribution >= 4 is 17.5 Å². The van der Waals surface area contributed by atoms with E-state index in [1.165, 1.54) is 12.8 Å². The zero-order chi connectivity index (χ0) is 17.5. The van der Waals surface area contributed by atoms with E-state index < -0.39 is 0 Å².